The predicted octanol–water partition coefficient (Wildman–Crippen LogP) is 4.90. The fraction of sp³-hybridized carbons (Fsp3) is 0.150. The second kappa shape index (κ2) is 5.84. The molecule has 1 heterocycles. The summed E-state index contributed by atoms with van der Waals surface area (Å²) in [6, 6.07) is 13.7. The Morgan fingerprint density at radius 1 is 1.09 bits per heavy atom. The number of pyridine rings is 1. The number of nitrogens with zero attached hydrogens (tertiary/aromatic N) is 1. The van der Waals surface area contributed by atoms with Gasteiger partial charge in [-0.15, -0.1) is 0 Å². The van der Waals surface area contributed by atoms with Crippen molar-refractivity contribution in [2.24, 2.45) is 0 Å². The van der Waals surface area contributed by atoms with E-state index >= 15 is 0 Å². The van der Waals surface area contributed by atoms with Gasteiger partial charge in [0.25, 0.3) is 0 Å². The smallest absolute Gasteiger partial charge is 0.193 e. The van der Waals surface area contributed by atoms with E-state index in [4.69, 9.17) is 0 Å². The maximum atomic E-state index is 13.3. The van der Waals surface area contributed by atoms with Gasteiger partial charge < -0.3 is 4.57 Å². The van der Waals surface area contributed by atoms with Crippen molar-refractivity contribution in [3.05, 3.63) is 82.4 Å². The summed E-state index contributed by atoms with van der Waals surface area (Å²) in [5, 5.41) is 0.658. The number of hydrogen-bond donors (Lipinski definition) is 0. The highest BCUT2D eigenvalue weighted by molar-refractivity contribution is 5.84. The van der Waals surface area contributed by atoms with Gasteiger partial charge in [-0.2, -0.15) is 0 Å². The van der Waals surface area contributed by atoms with Crippen LogP contribution in [-0.4, -0.2) is 4.57 Å². The Labute approximate surface area is 134 Å². The van der Waals surface area contributed by atoms with Crippen LogP contribution in [0.4, 0.5) is 4.39 Å². The van der Waals surface area contributed by atoms with E-state index in [1.807, 2.05) is 42.7 Å². The molecule has 0 amide bonds. The van der Waals surface area contributed by atoms with Gasteiger partial charge in [0.1, 0.15) is 5.82 Å². The number of rotatable bonds is 3. The van der Waals surface area contributed by atoms with E-state index in [2.05, 4.69) is 6.58 Å². The zero-order valence-electron chi connectivity index (χ0n) is 13.2. The third-order valence-corrected chi connectivity index (χ3v) is 4.01. The number of para-hydroxylation sites is 1. The van der Waals surface area contributed by atoms with E-state index in [0.29, 0.717) is 5.39 Å². The molecule has 1 aromatic heterocycles. The van der Waals surface area contributed by atoms with E-state index in [9.17, 15) is 9.18 Å². The molecule has 0 aliphatic heterocycles. The molecule has 0 spiro atoms. The Balaban J connectivity index is 2.53. The third-order valence-electron chi connectivity index (χ3n) is 4.01. The van der Waals surface area contributed by atoms with Crippen molar-refractivity contribution >= 4 is 17.0 Å². The summed E-state index contributed by atoms with van der Waals surface area (Å²) in [4.78, 5) is 12.9. The highest BCUT2D eigenvalue weighted by Crippen LogP contribution is 2.26. The molecular formula is C20H18FNO. The summed E-state index contributed by atoms with van der Waals surface area (Å²) >= 11 is 0. The summed E-state index contributed by atoms with van der Waals surface area (Å²) in [5.41, 5.74) is 3.12. The van der Waals surface area contributed by atoms with Gasteiger partial charge in [-0.1, -0.05) is 32.6 Å². The van der Waals surface area contributed by atoms with E-state index in [0.717, 1.165) is 22.5 Å². The van der Waals surface area contributed by atoms with Gasteiger partial charge in [-0.3, -0.25) is 4.79 Å². The van der Waals surface area contributed by atoms with Crippen LogP contribution in [0, 0.1) is 5.82 Å². The second-order valence-corrected chi connectivity index (χ2v) is 5.82. The van der Waals surface area contributed by atoms with Crippen LogP contribution in [0.3, 0.4) is 0 Å². The monoisotopic (exact) mass is 307 g/mol. The Bertz CT molecular complexity index is 936. The normalized spacial score (nSPS) is 11.1. The number of benzene rings is 2. The predicted molar refractivity (Wildman–Crippen MR) is 93.7 cm³/mol. The quantitative estimate of drug-likeness (QED) is 0.675. The highest BCUT2D eigenvalue weighted by atomic mass is 19.1. The number of fused-ring (bicyclic) bond motifs is 1. The zero-order chi connectivity index (χ0) is 16.6. The second-order valence-electron chi connectivity index (χ2n) is 5.82. The molecule has 0 saturated carbocycles. The van der Waals surface area contributed by atoms with Crippen molar-refractivity contribution in [2.75, 3.05) is 0 Å². The summed E-state index contributed by atoms with van der Waals surface area (Å²) in [6.07, 6.45) is 1.70. The molecule has 3 rings (SSSR count). The zero-order valence-corrected chi connectivity index (χ0v) is 13.2. The lowest BCUT2D eigenvalue weighted by Crippen LogP contribution is -2.19. The molecule has 0 N–H and O–H groups in total. The van der Waals surface area contributed by atoms with Crippen molar-refractivity contribution in [2.45, 2.75) is 19.8 Å². The van der Waals surface area contributed by atoms with Gasteiger partial charge in [0.2, 0.25) is 0 Å². The topological polar surface area (TPSA) is 22.0 Å². The van der Waals surface area contributed by atoms with E-state index in [1.54, 1.807) is 18.2 Å². The molecule has 0 saturated heterocycles. The largest absolute Gasteiger partial charge is 0.309 e. The van der Waals surface area contributed by atoms with E-state index < -0.39 is 0 Å². The third kappa shape index (κ3) is 2.48. The molecule has 23 heavy (non-hydrogen) atoms. The number of halogens is 1. The fourth-order valence-corrected chi connectivity index (χ4v) is 3.00. The number of hydrogen-bond acceptors (Lipinski definition) is 1. The molecule has 116 valence electrons. The van der Waals surface area contributed by atoms with Crippen LogP contribution in [0.5, 0.6) is 0 Å². The molecule has 3 heteroatoms. The summed E-state index contributed by atoms with van der Waals surface area (Å²) in [7, 11) is 0. The van der Waals surface area contributed by atoms with Gasteiger partial charge in [0, 0.05) is 16.6 Å². The Morgan fingerprint density at radius 3 is 2.35 bits per heavy atom. The first kappa shape index (κ1) is 15.2. The maximum absolute atomic E-state index is 13.3. The van der Waals surface area contributed by atoms with E-state index in [1.165, 1.54) is 12.1 Å². The van der Waals surface area contributed by atoms with Crippen molar-refractivity contribution in [3.8, 4) is 5.69 Å². The minimum Gasteiger partial charge on any atom is -0.309 e. The molecule has 0 atom stereocenters. The maximum Gasteiger partial charge on any atom is 0.193 e. The fourth-order valence-electron chi connectivity index (χ4n) is 3.00. The minimum absolute atomic E-state index is 0.0314. The van der Waals surface area contributed by atoms with Crippen LogP contribution in [-0.2, 0) is 0 Å². The van der Waals surface area contributed by atoms with Crippen LogP contribution in [0.25, 0.3) is 22.7 Å². The minimum atomic E-state index is -0.289. The van der Waals surface area contributed by atoms with Crippen LogP contribution in [0.2, 0.25) is 0 Å². The SMILES string of the molecule is C=Cc1c(C(C)C)c(=O)c2ccccc2n1-c1ccc(F)cc1. The first-order valence-corrected chi connectivity index (χ1v) is 7.60. The average molecular weight is 307 g/mol. The lowest BCUT2D eigenvalue weighted by atomic mass is 9.97. The van der Waals surface area contributed by atoms with Gasteiger partial charge in [-0.05, 0) is 48.4 Å². The van der Waals surface area contributed by atoms with Gasteiger partial charge in [0.15, 0.2) is 5.43 Å². The average Bonchev–Trinajstić information content (AvgIpc) is 2.55. The van der Waals surface area contributed by atoms with Gasteiger partial charge >= 0.3 is 0 Å². The first-order chi connectivity index (χ1) is 11.0. The number of aromatic nitrogens is 1. The summed E-state index contributed by atoms with van der Waals surface area (Å²) in [5.74, 6) is -0.227. The lowest BCUT2D eigenvalue weighted by molar-refractivity contribution is 0.627. The molecular weight excluding hydrogens is 289 g/mol. The Kier molecular flexibility index (Phi) is 3.87. The van der Waals surface area contributed by atoms with Crippen LogP contribution < -0.4 is 5.43 Å². The molecule has 0 bridgehead atoms. The molecule has 2 aromatic carbocycles. The van der Waals surface area contributed by atoms with Crippen LogP contribution in [0.15, 0.2) is 59.9 Å². The molecule has 2 nitrogen and oxygen atoms in total. The first-order valence-electron chi connectivity index (χ1n) is 7.60. The summed E-state index contributed by atoms with van der Waals surface area (Å²) in [6.45, 7) is 7.88. The van der Waals surface area contributed by atoms with Gasteiger partial charge in [0.05, 0.1) is 11.2 Å². The van der Waals surface area contributed by atoms with Crippen molar-refractivity contribution < 1.29 is 4.39 Å². The highest BCUT2D eigenvalue weighted by Gasteiger charge is 2.18. The van der Waals surface area contributed by atoms with Crippen molar-refractivity contribution in [3.63, 3.8) is 0 Å². The molecule has 0 fully saturated rings. The summed E-state index contributed by atoms with van der Waals surface area (Å²) < 4.78 is 15.3. The van der Waals surface area contributed by atoms with Gasteiger partial charge in [-0.25, -0.2) is 4.39 Å². The Hall–Kier alpha value is -2.68. The molecule has 0 radical (unpaired) electrons. The molecule has 0 aliphatic carbocycles. The molecule has 3 aromatic rings. The van der Waals surface area contributed by atoms with Crippen LogP contribution >= 0.6 is 0 Å². The van der Waals surface area contributed by atoms with Crippen LogP contribution in [0.1, 0.15) is 31.0 Å². The standard InChI is InChI=1S/C20H18FNO/c1-4-17-19(13(2)3)20(23)16-7-5-6-8-18(16)22(17)15-11-9-14(21)10-12-15/h4-13H,1H2,2-3H3. The van der Waals surface area contributed by atoms with Crippen molar-refractivity contribution in [1.82, 2.24) is 4.57 Å². The van der Waals surface area contributed by atoms with Crippen molar-refractivity contribution in [1.29, 1.82) is 0 Å². The molecule has 0 unspecified atom stereocenters. The molecule has 0 aliphatic rings. The lowest BCUT2D eigenvalue weighted by Gasteiger charge is -2.20. The Morgan fingerprint density at radius 2 is 1.74 bits per heavy atom. The van der Waals surface area contributed by atoms with E-state index in [-0.39, 0.29) is 17.2 Å².